The minimum absolute atomic E-state index is 0. The van der Waals surface area contributed by atoms with Crippen LogP contribution in [0.1, 0.15) is 36.6 Å². The molecule has 0 bridgehead atoms. The number of amides is 2. The first kappa shape index (κ1) is 27.8. The fourth-order valence-corrected chi connectivity index (χ4v) is 2.86. The summed E-state index contributed by atoms with van der Waals surface area (Å²) >= 11 is 1.50. The molecule has 31 heavy (non-hydrogen) atoms. The molecule has 2 aromatic carbocycles. The van der Waals surface area contributed by atoms with E-state index in [1.807, 2.05) is 6.26 Å². The van der Waals surface area contributed by atoms with Gasteiger partial charge in [0.15, 0.2) is 6.29 Å². The quantitative estimate of drug-likeness (QED) is 0.275. The van der Waals surface area contributed by atoms with Crippen molar-refractivity contribution in [3.8, 4) is 0 Å². The van der Waals surface area contributed by atoms with Crippen molar-refractivity contribution in [3.05, 3.63) is 73.7 Å². The minimum atomic E-state index is -0.460. The normalized spacial score (nSPS) is 9.26. The lowest BCUT2D eigenvalue weighted by Gasteiger charge is -2.04. The highest BCUT2D eigenvalue weighted by atomic mass is 32.2. The van der Waals surface area contributed by atoms with E-state index in [4.69, 9.17) is 0 Å². The molecule has 2 amide bonds. The molecule has 10 nitrogen and oxygen atoms in total. The Morgan fingerprint density at radius 1 is 1.10 bits per heavy atom. The smallest absolute Gasteiger partial charge is 0.274 e. The molecule has 2 rings (SSSR count). The second-order valence-electron chi connectivity index (χ2n) is 5.67. The zero-order valence-electron chi connectivity index (χ0n) is 17.0. The highest BCUT2D eigenvalue weighted by Gasteiger charge is 2.16. The predicted octanol–water partition coefficient (Wildman–Crippen LogP) is 3.19. The van der Waals surface area contributed by atoms with E-state index in [1.54, 1.807) is 12.1 Å². The summed E-state index contributed by atoms with van der Waals surface area (Å²) in [6, 6.07) is 8.64. The van der Waals surface area contributed by atoms with E-state index < -0.39 is 4.92 Å². The third-order valence-electron chi connectivity index (χ3n) is 3.82. The van der Waals surface area contributed by atoms with Crippen molar-refractivity contribution in [1.82, 2.24) is 10.6 Å². The first-order chi connectivity index (χ1) is 14.3. The fourth-order valence-electron chi connectivity index (χ4n) is 2.30. The van der Waals surface area contributed by atoms with Crippen LogP contribution in [0.4, 0.5) is 11.4 Å². The molecule has 0 unspecified atom stereocenters. The van der Waals surface area contributed by atoms with Crippen LogP contribution in [-0.2, 0) is 5.75 Å². The molecule has 0 aromatic heterocycles. The molecular weight excluding hydrogens is 444 g/mol. The summed E-state index contributed by atoms with van der Waals surface area (Å²) in [6.45, 7) is 0. The van der Waals surface area contributed by atoms with Gasteiger partial charge in [-0.1, -0.05) is 6.07 Å². The maximum atomic E-state index is 11.3. The standard InChI is InChI=1S/C10H12N2O3S.C9H8N2O3.H2S/c1-11-10(13)7-3-4-8(6-16-2)9(5-7)12(14)15;1-10-9(13)6-2-3-7(5-12)8(4-6)11-14;/h3-5H,6H2,1-2H3,(H,11,13);2-5H,1H3,(H,10,13);1H2. The Labute approximate surface area is 189 Å². The molecule has 0 atom stereocenters. The average molecular weight is 467 g/mol. The number of nitro groups is 1. The van der Waals surface area contributed by atoms with Crippen LogP contribution in [0.2, 0.25) is 0 Å². The van der Waals surface area contributed by atoms with Gasteiger partial charge in [-0.25, -0.2) is 0 Å². The summed E-state index contributed by atoms with van der Waals surface area (Å²) < 4.78 is 0. The third kappa shape index (κ3) is 7.83. The molecule has 0 radical (unpaired) electrons. The zero-order chi connectivity index (χ0) is 22.7. The van der Waals surface area contributed by atoms with Gasteiger partial charge < -0.3 is 10.6 Å². The van der Waals surface area contributed by atoms with Crippen LogP contribution in [0.15, 0.2) is 41.6 Å². The van der Waals surface area contributed by atoms with Crippen molar-refractivity contribution >= 4 is 54.7 Å². The monoisotopic (exact) mass is 466 g/mol. The van der Waals surface area contributed by atoms with Gasteiger partial charge in [-0.2, -0.15) is 25.3 Å². The van der Waals surface area contributed by atoms with Crippen molar-refractivity contribution in [2.45, 2.75) is 5.75 Å². The SMILES string of the molecule is CNC(=O)c1ccc(C=O)c(N=O)c1.CNC(=O)c1ccc(CSC)c([N+](=O)[O-])c1.S. The highest BCUT2D eigenvalue weighted by Crippen LogP contribution is 2.23. The second kappa shape index (κ2) is 13.9. The summed E-state index contributed by atoms with van der Waals surface area (Å²) in [5, 5.41) is 18.3. The Hall–Kier alpha value is -3.25. The van der Waals surface area contributed by atoms with Crippen molar-refractivity contribution in [3.63, 3.8) is 0 Å². The number of rotatable bonds is 7. The first-order valence-corrected chi connectivity index (χ1v) is 9.85. The largest absolute Gasteiger partial charge is 0.355 e. The lowest BCUT2D eigenvalue weighted by atomic mass is 10.1. The number of carbonyl (C=O) groups is 3. The maximum Gasteiger partial charge on any atom is 0.274 e. The number of thioether (sulfide) groups is 1. The van der Waals surface area contributed by atoms with Crippen molar-refractivity contribution < 1.29 is 19.3 Å². The Morgan fingerprint density at radius 2 is 1.65 bits per heavy atom. The van der Waals surface area contributed by atoms with E-state index >= 15 is 0 Å². The number of carbonyl (C=O) groups excluding carboxylic acids is 3. The molecule has 0 spiro atoms. The van der Waals surface area contributed by atoms with E-state index in [-0.39, 0.29) is 42.2 Å². The van der Waals surface area contributed by atoms with E-state index in [2.05, 4.69) is 15.8 Å². The number of hydrogen-bond donors (Lipinski definition) is 2. The Balaban J connectivity index is 0.000000567. The van der Waals surface area contributed by atoms with Crippen molar-refractivity contribution in [2.24, 2.45) is 5.18 Å². The molecule has 0 saturated carbocycles. The number of aldehydes is 1. The molecule has 0 aliphatic carbocycles. The van der Waals surface area contributed by atoms with Gasteiger partial charge in [0, 0.05) is 48.2 Å². The number of nitro benzene ring substituents is 1. The van der Waals surface area contributed by atoms with E-state index in [0.29, 0.717) is 28.7 Å². The van der Waals surface area contributed by atoms with Gasteiger partial charge in [0.05, 0.1) is 4.92 Å². The summed E-state index contributed by atoms with van der Waals surface area (Å²) in [7, 11) is 2.97. The lowest BCUT2D eigenvalue weighted by molar-refractivity contribution is -0.385. The van der Waals surface area contributed by atoms with Crippen LogP contribution >= 0.6 is 25.3 Å². The Morgan fingerprint density at radius 3 is 2.10 bits per heavy atom. The molecule has 166 valence electrons. The van der Waals surface area contributed by atoms with Gasteiger partial charge in [0.2, 0.25) is 0 Å². The minimum Gasteiger partial charge on any atom is -0.355 e. The topological polar surface area (TPSA) is 148 Å². The molecular formula is C19H22N4O6S2. The Kier molecular flexibility index (Phi) is 12.4. The lowest BCUT2D eigenvalue weighted by Crippen LogP contribution is -2.18. The van der Waals surface area contributed by atoms with E-state index in [0.717, 1.165) is 0 Å². The Bertz CT molecular complexity index is 968. The van der Waals surface area contributed by atoms with Gasteiger partial charge in [0.25, 0.3) is 17.5 Å². The number of hydrogen-bond acceptors (Lipinski definition) is 8. The van der Waals surface area contributed by atoms with Gasteiger partial charge in [0.1, 0.15) is 5.69 Å². The molecule has 2 N–H and O–H groups in total. The van der Waals surface area contributed by atoms with Gasteiger partial charge in [-0.05, 0) is 35.7 Å². The average Bonchev–Trinajstić information content (AvgIpc) is 2.78. The fraction of sp³-hybridized carbons (Fsp3) is 0.211. The zero-order valence-corrected chi connectivity index (χ0v) is 18.8. The van der Waals surface area contributed by atoms with Crippen LogP contribution in [0.3, 0.4) is 0 Å². The van der Waals surface area contributed by atoms with Gasteiger partial charge >= 0.3 is 0 Å². The molecule has 0 saturated heterocycles. The van der Waals surface area contributed by atoms with Crippen LogP contribution in [-0.4, -0.2) is 43.4 Å². The van der Waals surface area contributed by atoms with Gasteiger partial charge in [-0.3, -0.25) is 24.5 Å². The number of benzene rings is 2. The highest BCUT2D eigenvalue weighted by molar-refractivity contribution is 7.97. The van der Waals surface area contributed by atoms with Crippen LogP contribution in [0.25, 0.3) is 0 Å². The van der Waals surface area contributed by atoms with Crippen molar-refractivity contribution in [1.29, 1.82) is 0 Å². The van der Waals surface area contributed by atoms with Crippen LogP contribution in [0, 0.1) is 15.0 Å². The predicted molar refractivity (Wildman–Crippen MR) is 125 cm³/mol. The number of nitrogens with zero attached hydrogens (tertiary/aromatic N) is 2. The summed E-state index contributed by atoms with van der Waals surface area (Å²) in [5.74, 6) is -0.0872. The molecule has 2 aromatic rings. The van der Waals surface area contributed by atoms with Crippen LogP contribution in [0.5, 0.6) is 0 Å². The van der Waals surface area contributed by atoms with Gasteiger partial charge in [-0.15, -0.1) is 4.91 Å². The molecule has 0 fully saturated rings. The van der Waals surface area contributed by atoms with Crippen LogP contribution < -0.4 is 10.6 Å². The van der Waals surface area contributed by atoms with Crippen molar-refractivity contribution in [2.75, 3.05) is 20.4 Å². The second-order valence-corrected chi connectivity index (χ2v) is 6.54. The van der Waals surface area contributed by atoms with E-state index in [1.165, 1.54) is 50.1 Å². The first-order valence-electron chi connectivity index (χ1n) is 8.45. The van der Waals surface area contributed by atoms with E-state index in [9.17, 15) is 29.4 Å². The number of nitroso groups, excluding NO2 is 1. The maximum absolute atomic E-state index is 11.3. The third-order valence-corrected chi connectivity index (χ3v) is 4.42. The molecule has 0 aliphatic heterocycles. The summed E-state index contributed by atoms with van der Waals surface area (Å²) in [5.41, 5.74) is 1.38. The summed E-state index contributed by atoms with van der Waals surface area (Å²) in [4.78, 5) is 53.6. The summed E-state index contributed by atoms with van der Waals surface area (Å²) in [6.07, 6.45) is 2.39. The molecule has 12 heteroatoms. The molecule has 0 heterocycles. The number of nitrogens with one attached hydrogen (secondary N) is 2. The molecule has 0 aliphatic rings.